The van der Waals surface area contributed by atoms with Crippen LogP contribution in [-0.2, 0) is 13.0 Å². The van der Waals surface area contributed by atoms with E-state index in [1.807, 2.05) is 23.2 Å². The minimum atomic E-state index is 0.111. The molecule has 1 aromatic carbocycles. The van der Waals surface area contributed by atoms with Crippen molar-refractivity contribution in [2.45, 2.75) is 24.9 Å². The molecule has 0 bridgehead atoms. The van der Waals surface area contributed by atoms with E-state index in [9.17, 15) is 4.79 Å². The first-order chi connectivity index (χ1) is 12.8. The highest BCUT2D eigenvalue weighted by Crippen LogP contribution is 2.56. The predicted octanol–water partition coefficient (Wildman–Crippen LogP) is 2.25. The molecule has 3 aliphatic rings. The van der Waals surface area contributed by atoms with Crippen molar-refractivity contribution in [1.29, 1.82) is 0 Å². The lowest BCUT2D eigenvalue weighted by Crippen LogP contribution is -2.52. The number of carbonyl (C=O) groups is 1. The lowest BCUT2D eigenvalue weighted by molar-refractivity contribution is 0.134. The summed E-state index contributed by atoms with van der Waals surface area (Å²) in [4.78, 5) is 21.4. The average molecular weight is 348 g/mol. The fourth-order valence-corrected chi connectivity index (χ4v) is 4.61. The number of hydrogen-bond donors (Lipinski definition) is 1. The summed E-state index contributed by atoms with van der Waals surface area (Å²) in [5, 5.41) is 3.29. The Morgan fingerprint density at radius 2 is 1.88 bits per heavy atom. The third-order valence-electron chi connectivity index (χ3n) is 6.10. The first-order valence-electron chi connectivity index (χ1n) is 9.55. The van der Waals surface area contributed by atoms with Crippen LogP contribution in [0, 0.1) is 5.92 Å². The molecular weight excluding hydrogens is 324 g/mol. The van der Waals surface area contributed by atoms with Crippen LogP contribution in [0.5, 0.6) is 0 Å². The number of rotatable bonds is 3. The zero-order valence-corrected chi connectivity index (χ0v) is 14.8. The monoisotopic (exact) mass is 348 g/mol. The number of fused-ring (bicyclic) bond motifs is 3. The molecule has 5 rings (SSSR count). The summed E-state index contributed by atoms with van der Waals surface area (Å²) in [5.41, 5.74) is 4.01. The Kier molecular flexibility index (Phi) is 3.89. The lowest BCUT2D eigenvalue weighted by Gasteiger charge is -2.34. The molecule has 0 radical (unpaired) electrons. The highest BCUT2D eigenvalue weighted by molar-refractivity contribution is 5.75. The second-order valence-electron chi connectivity index (χ2n) is 7.65. The SMILES string of the molecule is O=C(N[C@@H]1[C@H]2Cc3ccccc3[C@H]21)N1CCN(Cc2ccccn2)CC1. The number of amides is 2. The Bertz CT molecular complexity index is 801. The van der Waals surface area contributed by atoms with E-state index in [-0.39, 0.29) is 6.03 Å². The molecule has 3 atom stereocenters. The van der Waals surface area contributed by atoms with Crippen LogP contribution in [0.4, 0.5) is 4.79 Å². The molecule has 2 amide bonds. The maximum Gasteiger partial charge on any atom is 0.317 e. The second-order valence-corrected chi connectivity index (χ2v) is 7.65. The second kappa shape index (κ2) is 6.40. The van der Waals surface area contributed by atoms with E-state index >= 15 is 0 Å². The zero-order chi connectivity index (χ0) is 17.5. The van der Waals surface area contributed by atoms with Crippen LogP contribution < -0.4 is 5.32 Å². The average Bonchev–Trinajstić information content (AvgIpc) is 3.19. The van der Waals surface area contributed by atoms with E-state index in [1.165, 1.54) is 11.1 Å². The van der Waals surface area contributed by atoms with E-state index in [0.29, 0.717) is 17.9 Å². The van der Waals surface area contributed by atoms with Gasteiger partial charge in [-0.1, -0.05) is 30.3 Å². The zero-order valence-electron chi connectivity index (χ0n) is 14.8. The van der Waals surface area contributed by atoms with Crippen molar-refractivity contribution >= 4 is 6.03 Å². The van der Waals surface area contributed by atoms with E-state index < -0.39 is 0 Å². The fraction of sp³-hybridized carbons (Fsp3) is 0.429. The molecule has 5 nitrogen and oxygen atoms in total. The highest BCUT2D eigenvalue weighted by Gasteiger charge is 2.56. The third-order valence-corrected chi connectivity index (χ3v) is 6.10. The molecular formula is C21H24N4O. The molecule has 26 heavy (non-hydrogen) atoms. The van der Waals surface area contributed by atoms with Crippen LogP contribution in [-0.4, -0.2) is 53.0 Å². The molecule has 1 aromatic heterocycles. The van der Waals surface area contributed by atoms with E-state index in [2.05, 4.69) is 45.5 Å². The van der Waals surface area contributed by atoms with Gasteiger partial charge in [0.2, 0.25) is 0 Å². The Morgan fingerprint density at radius 1 is 1.08 bits per heavy atom. The quantitative estimate of drug-likeness (QED) is 0.925. The normalized spacial score (nSPS) is 26.9. The number of nitrogens with zero attached hydrogens (tertiary/aromatic N) is 3. The first kappa shape index (κ1) is 15.8. The highest BCUT2D eigenvalue weighted by atomic mass is 16.2. The molecule has 1 N–H and O–H groups in total. The molecule has 0 unspecified atom stereocenters. The molecule has 2 aliphatic carbocycles. The molecule has 1 aliphatic heterocycles. The van der Waals surface area contributed by atoms with Crippen LogP contribution in [0.15, 0.2) is 48.7 Å². The largest absolute Gasteiger partial charge is 0.334 e. The van der Waals surface area contributed by atoms with Gasteiger partial charge in [-0.15, -0.1) is 0 Å². The summed E-state index contributed by atoms with van der Waals surface area (Å²) >= 11 is 0. The van der Waals surface area contributed by atoms with Gasteiger partial charge in [-0.3, -0.25) is 9.88 Å². The Labute approximate surface area is 154 Å². The minimum Gasteiger partial charge on any atom is -0.334 e. The van der Waals surface area contributed by atoms with Gasteiger partial charge in [0.25, 0.3) is 0 Å². The first-order valence-corrected chi connectivity index (χ1v) is 9.55. The van der Waals surface area contributed by atoms with Crippen molar-refractivity contribution in [3.8, 4) is 0 Å². The number of nitrogens with one attached hydrogen (secondary N) is 1. The summed E-state index contributed by atoms with van der Waals surface area (Å²) in [6, 6.07) is 15.1. The van der Waals surface area contributed by atoms with E-state index in [4.69, 9.17) is 0 Å². The molecule has 134 valence electrons. The van der Waals surface area contributed by atoms with Gasteiger partial charge < -0.3 is 10.2 Å². The lowest BCUT2D eigenvalue weighted by atomic mass is 10.1. The van der Waals surface area contributed by atoms with Gasteiger partial charge in [-0.05, 0) is 35.6 Å². The van der Waals surface area contributed by atoms with Gasteiger partial charge in [0, 0.05) is 50.9 Å². The van der Waals surface area contributed by atoms with Crippen molar-refractivity contribution in [1.82, 2.24) is 20.1 Å². The van der Waals surface area contributed by atoms with Gasteiger partial charge in [-0.2, -0.15) is 0 Å². The number of benzene rings is 1. The number of aromatic nitrogens is 1. The molecule has 1 saturated heterocycles. The standard InChI is InChI=1S/C21H24N4O/c26-21(23-20-18-13-15-5-1-2-7-17(15)19(18)20)25-11-9-24(10-12-25)14-16-6-3-4-8-22-16/h1-8,18-20H,9-14H2,(H,23,26)/t18-,19+,20+/m0/s1. The van der Waals surface area contributed by atoms with Gasteiger partial charge in [-0.25, -0.2) is 4.79 Å². The molecule has 2 heterocycles. The Morgan fingerprint density at radius 3 is 2.69 bits per heavy atom. The smallest absolute Gasteiger partial charge is 0.317 e. The molecule has 2 fully saturated rings. The fourth-order valence-electron chi connectivity index (χ4n) is 4.61. The molecule has 5 heteroatoms. The molecule has 0 spiro atoms. The van der Waals surface area contributed by atoms with Crippen molar-refractivity contribution in [2.75, 3.05) is 26.2 Å². The Balaban J connectivity index is 1.12. The summed E-state index contributed by atoms with van der Waals surface area (Å²) in [6.45, 7) is 4.25. The summed E-state index contributed by atoms with van der Waals surface area (Å²) in [7, 11) is 0. The van der Waals surface area contributed by atoms with Crippen LogP contribution in [0.3, 0.4) is 0 Å². The maximum atomic E-state index is 12.6. The topological polar surface area (TPSA) is 48.5 Å². The number of urea groups is 1. The van der Waals surface area contributed by atoms with E-state index in [0.717, 1.165) is 44.8 Å². The minimum absolute atomic E-state index is 0.111. The number of piperazine rings is 1. The van der Waals surface area contributed by atoms with Crippen molar-refractivity contribution in [3.63, 3.8) is 0 Å². The van der Waals surface area contributed by atoms with Gasteiger partial charge in [0.15, 0.2) is 0 Å². The number of carbonyl (C=O) groups excluding carboxylic acids is 1. The summed E-state index contributed by atoms with van der Waals surface area (Å²) in [5.74, 6) is 1.15. The van der Waals surface area contributed by atoms with Gasteiger partial charge in [0.05, 0.1) is 5.69 Å². The van der Waals surface area contributed by atoms with E-state index in [1.54, 1.807) is 0 Å². The van der Waals surface area contributed by atoms with Gasteiger partial charge >= 0.3 is 6.03 Å². The van der Waals surface area contributed by atoms with Crippen LogP contribution in [0.1, 0.15) is 22.7 Å². The van der Waals surface area contributed by atoms with Crippen LogP contribution in [0.25, 0.3) is 0 Å². The van der Waals surface area contributed by atoms with Crippen LogP contribution >= 0.6 is 0 Å². The summed E-state index contributed by atoms with van der Waals surface area (Å²) < 4.78 is 0. The molecule has 2 aromatic rings. The maximum absolute atomic E-state index is 12.6. The number of pyridine rings is 1. The van der Waals surface area contributed by atoms with Crippen LogP contribution in [0.2, 0.25) is 0 Å². The number of hydrogen-bond acceptors (Lipinski definition) is 3. The van der Waals surface area contributed by atoms with Gasteiger partial charge in [0.1, 0.15) is 0 Å². The van der Waals surface area contributed by atoms with Crippen molar-refractivity contribution < 1.29 is 4.79 Å². The Hall–Kier alpha value is -2.40. The summed E-state index contributed by atoms with van der Waals surface area (Å²) in [6.07, 6.45) is 2.95. The predicted molar refractivity (Wildman–Crippen MR) is 99.8 cm³/mol. The van der Waals surface area contributed by atoms with Crippen molar-refractivity contribution in [3.05, 3.63) is 65.5 Å². The van der Waals surface area contributed by atoms with Crippen molar-refractivity contribution in [2.24, 2.45) is 5.92 Å². The third kappa shape index (κ3) is 2.86. The molecule has 1 saturated carbocycles.